The minimum absolute atomic E-state index is 0.193. The van der Waals surface area contributed by atoms with Gasteiger partial charge in [-0.25, -0.2) is 4.39 Å². The Morgan fingerprint density at radius 1 is 1.37 bits per heavy atom. The molecular weight excluding hydrogens is 325 g/mol. The lowest BCUT2D eigenvalue weighted by atomic mass is 10.0. The van der Waals surface area contributed by atoms with Crippen LogP contribution in [0.5, 0.6) is 0 Å². The van der Waals surface area contributed by atoms with E-state index in [-0.39, 0.29) is 11.9 Å². The maximum absolute atomic E-state index is 13.4. The van der Waals surface area contributed by atoms with Gasteiger partial charge in [0.1, 0.15) is 5.82 Å². The first-order chi connectivity index (χ1) is 9.13. The summed E-state index contributed by atoms with van der Waals surface area (Å²) in [5, 5.41) is 5.46. The van der Waals surface area contributed by atoms with Crippen LogP contribution in [0.25, 0.3) is 0 Å². The highest BCUT2D eigenvalue weighted by Gasteiger charge is 2.15. The van der Waals surface area contributed by atoms with Crippen LogP contribution in [0.2, 0.25) is 0 Å². The van der Waals surface area contributed by atoms with Gasteiger partial charge in [-0.2, -0.15) is 0 Å². The van der Waals surface area contributed by atoms with Gasteiger partial charge in [0.2, 0.25) is 0 Å². The predicted octanol–water partition coefficient (Wildman–Crippen LogP) is 4.72. The monoisotopic (exact) mass is 341 g/mol. The van der Waals surface area contributed by atoms with Gasteiger partial charge >= 0.3 is 0 Å². The van der Waals surface area contributed by atoms with E-state index >= 15 is 0 Å². The predicted molar refractivity (Wildman–Crippen MR) is 83.3 cm³/mol. The highest BCUT2D eigenvalue weighted by Crippen LogP contribution is 2.28. The van der Waals surface area contributed by atoms with Crippen LogP contribution in [0.3, 0.4) is 0 Å². The first kappa shape index (κ1) is 14.7. The fraction of sp³-hybridized carbons (Fsp3) is 0.333. The highest BCUT2D eigenvalue weighted by atomic mass is 79.9. The largest absolute Gasteiger partial charge is 0.312 e. The second-order valence-electron chi connectivity index (χ2n) is 4.49. The highest BCUT2D eigenvalue weighted by molar-refractivity contribution is 9.10. The number of halogens is 2. The molecule has 0 bridgehead atoms. The van der Waals surface area contributed by atoms with Crippen molar-refractivity contribution in [3.05, 3.63) is 55.9 Å². The van der Waals surface area contributed by atoms with E-state index in [2.05, 4.69) is 39.6 Å². The number of likely N-dealkylation sites (N-methyl/N-ethyl adjacent to an activating group) is 1. The first-order valence-electron chi connectivity index (χ1n) is 6.32. The molecule has 19 heavy (non-hydrogen) atoms. The molecule has 4 heteroatoms. The van der Waals surface area contributed by atoms with Crippen LogP contribution >= 0.6 is 27.3 Å². The zero-order valence-electron chi connectivity index (χ0n) is 11.0. The van der Waals surface area contributed by atoms with Crippen molar-refractivity contribution >= 4 is 27.3 Å². The lowest BCUT2D eigenvalue weighted by Gasteiger charge is -2.17. The lowest BCUT2D eigenvalue weighted by molar-refractivity contribution is 0.588. The summed E-state index contributed by atoms with van der Waals surface area (Å²) in [6.45, 7) is 2.16. The van der Waals surface area contributed by atoms with Crippen LogP contribution in [0.4, 0.5) is 4.39 Å². The molecule has 0 amide bonds. The molecule has 0 radical (unpaired) electrons. The van der Waals surface area contributed by atoms with Crippen molar-refractivity contribution in [3.63, 3.8) is 0 Å². The van der Waals surface area contributed by atoms with E-state index in [4.69, 9.17) is 0 Å². The smallest absolute Gasteiger partial charge is 0.124 e. The second-order valence-corrected chi connectivity index (χ2v) is 6.35. The number of benzene rings is 1. The van der Waals surface area contributed by atoms with E-state index in [1.54, 1.807) is 17.4 Å². The fourth-order valence-electron chi connectivity index (χ4n) is 2.24. The van der Waals surface area contributed by atoms with Gasteiger partial charge in [-0.15, -0.1) is 11.3 Å². The number of hydrogen-bond donors (Lipinski definition) is 1. The number of rotatable bonds is 5. The molecule has 1 nitrogen and oxygen atoms in total. The van der Waals surface area contributed by atoms with Gasteiger partial charge in [0.05, 0.1) is 0 Å². The molecule has 0 spiro atoms. The van der Waals surface area contributed by atoms with Crippen LogP contribution in [0.1, 0.15) is 29.0 Å². The van der Waals surface area contributed by atoms with Gasteiger partial charge in [-0.1, -0.05) is 22.9 Å². The standard InChI is InChI=1S/C15H17BrFNS/c1-3-11-4-5-19-15(11)14(18-2)8-10-6-12(16)9-13(17)7-10/h4-7,9,14,18H,3,8H2,1-2H3. The van der Waals surface area contributed by atoms with Crippen LogP contribution in [-0.2, 0) is 12.8 Å². The van der Waals surface area contributed by atoms with Crippen LogP contribution in [-0.4, -0.2) is 7.05 Å². The Morgan fingerprint density at radius 3 is 2.79 bits per heavy atom. The third kappa shape index (κ3) is 3.65. The van der Waals surface area contributed by atoms with Crippen molar-refractivity contribution in [3.8, 4) is 0 Å². The van der Waals surface area contributed by atoms with Crippen molar-refractivity contribution in [2.45, 2.75) is 25.8 Å². The molecule has 102 valence electrons. The van der Waals surface area contributed by atoms with Gasteiger partial charge in [0.15, 0.2) is 0 Å². The second kappa shape index (κ2) is 6.64. The first-order valence-corrected chi connectivity index (χ1v) is 7.99. The third-order valence-corrected chi connectivity index (χ3v) is 4.72. The summed E-state index contributed by atoms with van der Waals surface area (Å²) < 4.78 is 14.2. The maximum atomic E-state index is 13.4. The molecule has 0 fully saturated rings. The van der Waals surface area contributed by atoms with Crippen molar-refractivity contribution in [2.24, 2.45) is 0 Å². The van der Waals surface area contributed by atoms with Crippen molar-refractivity contribution in [1.29, 1.82) is 0 Å². The van der Waals surface area contributed by atoms with Gasteiger partial charge in [0.25, 0.3) is 0 Å². The summed E-state index contributed by atoms with van der Waals surface area (Å²) in [6.07, 6.45) is 1.82. The molecule has 2 rings (SSSR count). The molecule has 1 atom stereocenters. The van der Waals surface area contributed by atoms with Gasteiger partial charge in [0, 0.05) is 15.4 Å². The normalized spacial score (nSPS) is 12.6. The Kier molecular flexibility index (Phi) is 5.13. The number of aryl methyl sites for hydroxylation is 1. The fourth-order valence-corrected chi connectivity index (χ4v) is 3.86. The summed E-state index contributed by atoms with van der Waals surface area (Å²) >= 11 is 5.11. The number of nitrogens with one attached hydrogen (secondary N) is 1. The zero-order valence-corrected chi connectivity index (χ0v) is 13.4. The molecule has 0 aliphatic rings. The van der Waals surface area contributed by atoms with E-state index in [9.17, 15) is 4.39 Å². The Labute approximate surface area is 126 Å². The molecule has 2 aromatic rings. The molecule has 1 N–H and O–H groups in total. The summed E-state index contributed by atoms with van der Waals surface area (Å²) in [6, 6.07) is 7.48. The molecule has 1 aromatic carbocycles. The molecule has 0 saturated heterocycles. The summed E-state index contributed by atoms with van der Waals surface area (Å²) in [5.41, 5.74) is 2.38. The number of thiophene rings is 1. The molecule has 1 unspecified atom stereocenters. The Hall–Kier alpha value is -0.710. The minimum atomic E-state index is -0.193. The Balaban J connectivity index is 2.24. The molecule has 0 saturated carbocycles. The van der Waals surface area contributed by atoms with Gasteiger partial charge in [-0.3, -0.25) is 0 Å². The minimum Gasteiger partial charge on any atom is -0.312 e. The van der Waals surface area contributed by atoms with Gasteiger partial charge in [-0.05, 0) is 60.7 Å². The van der Waals surface area contributed by atoms with Crippen LogP contribution < -0.4 is 5.32 Å². The average Bonchev–Trinajstić information content (AvgIpc) is 2.82. The van der Waals surface area contributed by atoms with E-state index in [0.717, 1.165) is 22.9 Å². The van der Waals surface area contributed by atoms with Crippen molar-refractivity contribution in [2.75, 3.05) is 7.05 Å². The van der Waals surface area contributed by atoms with Crippen LogP contribution in [0, 0.1) is 5.82 Å². The molecular formula is C15H17BrFNS. The summed E-state index contributed by atoms with van der Waals surface area (Å²) in [4.78, 5) is 1.35. The van der Waals surface area contributed by atoms with Crippen LogP contribution in [0.15, 0.2) is 34.1 Å². The molecule has 0 aliphatic heterocycles. The average molecular weight is 342 g/mol. The van der Waals surface area contributed by atoms with Gasteiger partial charge < -0.3 is 5.32 Å². The molecule has 1 heterocycles. The topological polar surface area (TPSA) is 12.0 Å². The van der Waals surface area contributed by atoms with Crippen molar-refractivity contribution in [1.82, 2.24) is 5.32 Å². The SMILES string of the molecule is CCc1ccsc1C(Cc1cc(F)cc(Br)c1)NC. The molecule has 0 aliphatic carbocycles. The zero-order chi connectivity index (χ0) is 13.8. The summed E-state index contributed by atoms with van der Waals surface area (Å²) in [7, 11) is 1.96. The Bertz CT molecular complexity index is 533. The maximum Gasteiger partial charge on any atom is 0.124 e. The van der Waals surface area contributed by atoms with Crippen molar-refractivity contribution < 1.29 is 4.39 Å². The Morgan fingerprint density at radius 2 is 2.16 bits per heavy atom. The van der Waals surface area contributed by atoms with E-state index < -0.39 is 0 Å². The quantitative estimate of drug-likeness (QED) is 0.829. The summed E-state index contributed by atoms with van der Waals surface area (Å²) in [5.74, 6) is -0.193. The number of hydrogen-bond acceptors (Lipinski definition) is 2. The molecule has 1 aromatic heterocycles. The van der Waals surface area contributed by atoms with E-state index in [1.165, 1.54) is 16.5 Å². The van der Waals surface area contributed by atoms with E-state index in [1.807, 2.05) is 13.1 Å². The lowest BCUT2D eigenvalue weighted by Crippen LogP contribution is -2.19. The van der Waals surface area contributed by atoms with E-state index in [0.29, 0.717) is 0 Å². The third-order valence-electron chi connectivity index (χ3n) is 3.19.